The van der Waals surface area contributed by atoms with Crippen LogP contribution in [-0.2, 0) is 16.0 Å². The van der Waals surface area contributed by atoms with Crippen molar-refractivity contribution in [2.75, 3.05) is 40.0 Å². The highest BCUT2D eigenvalue weighted by Crippen LogP contribution is 2.29. The zero-order valence-electron chi connectivity index (χ0n) is 17.3. The third-order valence-electron chi connectivity index (χ3n) is 4.63. The van der Waals surface area contributed by atoms with E-state index in [1.165, 1.54) is 15.3 Å². The topological polar surface area (TPSA) is 64.1 Å². The first-order valence-electron chi connectivity index (χ1n) is 10.2. The molecule has 1 aromatic carbocycles. The quantitative estimate of drug-likeness (QED) is 0.351. The highest BCUT2D eigenvalue weighted by molar-refractivity contribution is 7.15. The van der Waals surface area contributed by atoms with Crippen LogP contribution in [0.5, 0.6) is 5.75 Å². The monoisotopic (exact) mass is 417 g/mol. The first-order chi connectivity index (χ1) is 14.3. The van der Waals surface area contributed by atoms with Crippen molar-refractivity contribution in [1.82, 2.24) is 10.6 Å². The molecule has 2 aromatic rings. The van der Waals surface area contributed by atoms with E-state index in [9.17, 15) is 0 Å². The smallest absolute Gasteiger partial charge is 0.191 e. The second-order valence-electron chi connectivity index (χ2n) is 6.83. The highest BCUT2D eigenvalue weighted by atomic mass is 32.1. The van der Waals surface area contributed by atoms with E-state index in [0.29, 0.717) is 6.54 Å². The van der Waals surface area contributed by atoms with Gasteiger partial charge in [-0.3, -0.25) is 0 Å². The van der Waals surface area contributed by atoms with Gasteiger partial charge in [-0.2, -0.15) is 0 Å². The fourth-order valence-corrected chi connectivity index (χ4v) is 3.98. The summed E-state index contributed by atoms with van der Waals surface area (Å²) in [6.45, 7) is 6.71. The summed E-state index contributed by atoms with van der Waals surface area (Å²) in [5, 5.41) is 6.69. The van der Waals surface area contributed by atoms with Gasteiger partial charge >= 0.3 is 0 Å². The van der Waals surface area contributed by atoms with Crippen molar-refractivity contribution in [1.29, 1.82) is 0 Å². The Hall–Kier alpha value is -2.09. The van der Waals surface area contributed by atoms with Gasteiger partial charge in [0.05, 0.1) is 26.4 Å². The van der Waals surface area contributed by atoms with Gasteiger partial charge in [-0.15, -0.1) is 11.3 Å². The molecule has 2 heterocycles. The Morgan fingerprint density at radius 3 is 2.79 bits per heavy atom. The second kappa shape index (κ2) is 11.8. The van der Waals surface area contributed by atoms with Gasteiger partial charge in [0, 0.05) is 36.1 Å². The lowest BCUT2D eigenvalue weighted by Gasteiger charge is -2.12. The van der Waals surface area contributed by atoms with Gasteiger partial charge in [0.2, 0.25) is 0 Å². The molecular weight excluding hydrogens is 386 g/mol. The average Bonchev–Trinajstić information content (AvgIpc) is 3.44. The standard InChI is InChI=1S/C22H31N3O3S/c1-3-23-22(24-12-4-13-28-19-11-14-27-16-19)25-15-20-9-10-21(29-20)17-5-7-18(26-2)8-6-17/h5-10,19H,3-4,11-16H2,1-2H3,(H2,23,24,25). The summed E-state index contributed by atoms with van der Waals surface area (Å²) in [6, 6.07) is 12.5. The van der Waals surface area contributed by atoms with Crippen molar-refractivity contribution >= 4 is 17.3 Å². The predicted octanol–water partition coefficient (Wildman–Crippen LogP) is 3.67. The summed E-state index contributed by atoms with van der Waals surface area (Å²) in [7, 11) is 1.68. The molecule has 1 saturated heterocycles. The van der Waals surface area contributed by atoms with Crippen LogP contribution >= 0.6 is 11.3 Å². The van der Waals surface area contributed by atoms with Crippen LogP contribution in [0.25, 0.3) is 10.4 Å². The van der Waals surface area contributed by atoms with Crippen molar-refractivity contribution in [2.24, 2.45) is 4.99 Å². The Labute approximate surface area is 177 Å². The van der Waals surface area contributed by atoms with Crippen LogP contribution in [0.3, 0.4) is 0 Å². The maximum Gasteiger partial charge on any atom is 0.191 e. The van der Waals surface area contributed by atoms with Crippen LogP contribution in [0.1, 0.15) is 24.6 Å². The number of guanidine groups is 1. The SMILES string of the molecule is CCNC(=NCc1ccc(-c2ccc(OC)cc2)s1)NCCCOC1CCOC1. The number of rotatable bonds is 10. The lowest BCUT2D eigenvalue weighted by molar-refractivity contribution is 0.0420. The molecule has 29 heavy (non-hydrogen) atoms. The number of nitrogens with zero attached hydrogens (tertiary/aromatic N) is 1. The average molecular weight is 418 g/mol. The van der Waals surface area contributed by atoms with Crippen LogP contribution in [-0.4, -0.2) is 52.1 Å². The Morgan fingerprint density at radius 2 is 2.07 bits per heavy atom. The molecule has 1 atom stereocenters. The molecule has 0 bridgehead atoms. The number of thiophene rings is 1. The molecule has 1 unspecified atom stereocenters. The van der Waals surface area contributed by atoms with Gasteiger partial charge < -0.3 is 24.8 Å². The maximum absolute atomic E-state index is 5.80. The number of hydrogen-bond donors (Lipinski definition) is 2. The predicted molar refractivity (Wildman–Crippen MR) is 119 cm³/mol. The van der Waals surface area contributed by atoms with Crippen molar-refractivity contribution in [2.45, 2.75) is 32.4 Å². The maximum atomic E-state index is 5.80. The Kier molecular flexibility index (Phi) is 8.80. The number of nitrogens with one attached hydrogen (secondary N) is 2. The van der Waals surface area contributed by atoms with Gasteiger partial charge in [0.1, 0.15) is 5.75 Å². The first-order valence-corrected chi connectivity index (χ1v) is 11.0. The van der Waals surface area contributed by atoms with Gasteiger partial charge in [-0.1, -0.05) is 0 Å². The van der Waals surface area contributed by atoms with E-state index in [1.807, 2.05) is 12.1 Å². The van der Waals surface area contributed by atoms with Crippen LogP contribution in [0, 0.1) is 0 Å². The van der Waals surface area contributed by atoms with Crippen molar-refractivity contribution in [3.05, 3.63) is 41.3 Å². The summed E-state index contributed by atoms with van der Waals surface area (Å²) in [5.74, 6) is 1.72. The van der Waals surface area contributed by atoms with E-state index in [1.54, 1.807) is 18.4 Å². The minimum Gasteiger partial charge on any atom is -0.497 e. The molecule has 0 saturated carbocycles. The molecule has 6 nitrogen and oxygen atoms in total. The van der Waals surface area contributed by atoms with E-state index in [0.717, 1.165) is 57.5 Å². The van der Waals surface area contributed by atoms with E-state index in [2.05, 4.69) is 41.8 Å². The molecule has 1 fully saturated rings. The highest BCUT2D eigenvalue weighted by Gasteiger charge is 2.15. The number of methoxy groups -OCH3 is 1. The van der Waals surface area contributed by atoms with Crippen LogP contribution in [0.15, 0.2) is 41.4 Å². The second-order valence-corrected chi connectivity index (χ2v) is 7.99. The Morgan fingerprint density at radius 1 is 1.21 bits per heavy atom. The number of hydrogen-bond acceptors (Lipinski definition) is 5. The molecule has 1 aliphatic rings. The largest absolute Gasteiger partial charge is 0.497 e. The van der Waals surface area contributed by atoms with Crippen molar-refractivity contribution < 1.29 is 14.2 Å². The van der Waals surface area contributed by atoms with E-state index >= 15 is 0 Å². The third kappa shape index (κ3) is 7.03. The molecule has 0 aliphatic carbocycles. The molecule has 0 spiro atoms. The molecule has 1 aromatic heterocycles. The lowest BCUT2D eigenvalue weighted by atomic mass is 10.2. The third-order valence-corrected chi connectivity index (χ3v) is 5.75. The summed E-state index contributed by atoms with van der Waals surface area (Å²) >= 11 is 1.77. The minimum atomic E-state index is 0.274. The van der Waals surface area contributed by atoms with E-state index in [-0.39, 0.29) is 6.10 Å². The van der Waals surface area contributed by atoms with Gasteiger partial charge in [-0.05, 0) is 61.7 Å². The van der Waals surface area contributed by atoms with E-state index in [4.69, 9.17) is 19.2 Å². The summed E-state index contributed by atoms with van der Waals surface area (Å²) in [5.41, 5.74) is 1.20. The van der Waals surface area contributed by atoms with Gasteiger partial charge in [0.15, 0.2) is 5.96 Å². The van der Waals surface area contributed by atoms with Gasteiger partial charge in [-0.25, -0.2) is 4.99 Å². The van der Waals surface area contributed by atoms with Crippen LogP contribution in [0.4, 0.5) is 0 Å². The molecule has 1 aliphatic heterocycles. The number of ether oxygens (including phenoxy) is 3. The zero-order valence-corrected chi connectivity index (χ0v) is 18.1. The molecule has 7 heteroatoms. The van der Waals surface area contributed by atoms with Gasteiger partial charge in [0.25, 0.3) is 0 Å². The minimum absolute atomic E-state index is 0.274. The fraction of sp³-hybridized carbons (Fsp3) is 0.500. The van der Waals surface area contributed by atoms with Crippen molar-refractivity contribution in [3.8, 4) is 16.2 Å². The first kappa shape index (κ1) is 21.6. The van der Waals surface area contributed by atoms with Crippen molar-refractivity contribution in [3.63, 3.8) is 0 Å². The number of aliphatic imine (C=N–C) groups is 1. The lowest BCUT2D eigenvalue weighted by Crippen LogP contribution is -2.38. The molecule has 0 amide bonds. The van der Waals surface area contributed by atoms with Crippen LogP contribution < -0.4 is 15.4 Å². The number of benzene rings is 1. The normalized spacial score (nSPS) is 16.8. The molecule has 0 radical (unpaired) electrons. The summed E-state index contributed by atoms with van der Waals surface area (Å²) in [4.78, 5) is 7.19. The molecule has 158 valence electrons. The summed E-state index contributed by atoms with van der Waals surface area (Å²) in [6.07, 6.45) is 2.23. The zero-order chi connectivity index (χ0) is 20.3. The fourth-order valence-electron chi connectivity index (χ4n) is 3.05. The summed E-state index contributed by atoms with van der Waals surface area (Å²) < 4.78 is 16.4. The Balaban J connectivity index is 1.45. The van der Waals surface area contributed by atoms with Crippen LogP contribution in [0.2, 0.25) is 0 Å². The van der Waals surface area contributed by atoms with E-state index < -0.39 is 0 Å². The molecular formula is C22H31N3O3S. The Bertz CT molecular complexity index is 755. The molecule has 2 N–H and O–H groups in total. The molecule has 3 rings (SSSR count).